The minimum absolute atomic E-state index is 0.125. The molecule has 1 aromatic heterocycles. The minimum Gasteiger partial charge on any atom is -0.497 e. The van der Waals surface area contributed by atoms with Crippen molar-refractivity contribution in [2.24, 2.45) is 0 Å². The molecule has 0 bridgehead atoms. The van der Waals surface area contributed by atoms with Crippen LogP contribution in [0.5, 0.6) is 11.5 Å². The zero-order valence-electron chi connectivity index (χ0n) is 21.9. The number of carbonyl (C=O) groups excluding carboxylic acids is 1. The lowest BCUT2D eigenvalue weighted by Gasteiger charge is -2.36. The van der Waals surface area contributed by atoms with E-state index in [1.54, 1.807) is 25.2 Å². The van der Waals surface area contributed by atoms with Crippen LogP contribution in [0.1, 0.15) is 39.8 Å². The summed E-state index contributed by atoms with van der Waals surface area (Å²) in [6.45, 7) is 3.49. The summed E-state index contributed by atoms with van der Waals surface area (Å²) in [4.78, 5) is 23.8. The van der Waals surface area contributed by atoms with E-state index in [4.69, 9.17) is 14.5 Å². The molecule has 3 heterocycles. The van der Waals surface area contributed by atoms with Gasteiger partial charge in [0.15, 0.2) is 0 Å². The Morgan fingerprint density at radius 2 is 1.69 bits per heavy atom. The third kappa shape index (κ3) is 5.93. The monoisotopic (exact) mass is 560 g/mol. The standard InChI is InChI=1S/C28H31F3N4O3S/c1-37-22-6-7-25(38-2)24(17-22)34-10-8-19(9-11-34)26-32-23(18-39-26)27(36)35-14-12-33(13-15-35)21-5-3-4-20(16-21)28(29,30)31/h3-7,16-19H,8-15H2,1-2H3. The number of alkyl halides is 3. The largest absolute Gasteiger partial charge is 0.497 e. The van der Waals surface area contributed by atoms with Gasteiger partial charge in [0.2, 0.25) is 0 Å². The van der Waals surface area contributed by atoms with Crippen LogP contribution in [0.2, 0.25) is 0 Å². The van der Waals surface area contributed by atoms with Crippen molar-refractivity contribution in [3.05, 3.63) is 64.1 Å². The third-order valence-corrected chi connectivity index (χ3v) is 8.42. The molecule has 2 saturated heterocycles. The van der Waals surface area contributed by atoms with Crippen molar-refractivity contribution in [3.63, 3.8) is 0 Å². The van der Waals surface area contributed by atoms with Gasteiger partial charge in [0, 0.05) is 62.3 Å². The van der Waals surface area contributed by atoms with Gasteiger partial charge in [-0.15, -0.1) is 11.3 Å². The summed E-state index contributed by atoms with van der Waals surface area (Å²) in [6.07, 6.45) is -2.55. The highest BCUT2D eigenvalue weighted by Crippen LogP contribution is 2.38. The van der Waals surface area contributed by atoms with Gasteiger partial charge in [0.25, 0.3) is 5.91 Å². The van der Waals surface area contributed by atoms with Crippen molar-refractivity contribution in [1.82, 2.24) is 9.88 Å². The topological polar surface area (TPSA) is 58.1 Å². The number of ether oxygens (including phenoxy) is 2. The summed E-state index contributed by atoms with van der Waals surface area (Å²) < 4.78 is 50.2. The Morgan fingerprint density at radius 3 is 2.36 bits per heavy atom. The Balaban J connectivity index is 1.17. The maximum Gasteiger partial charge on any atom is 0.416 e. The molecule has 0 aliphatic carbocycles. The smallest absolute Gasteiger partial charge is 0.416 e. The van der Waals surface area contributed by atoms with E-state index in [2.05, 4.69) is 4.90 Å². The number of rotatable bonds is 6. The molecule has 5 rings (SSSR count). The molecule has 2 aliphatic heterocycles. The molecule has 2 fully saturated rings. The number of amides is 1. The van der Waals surface area contributed by atoms with E-state index in [1.165, 1.54) is 23.5 Å². The highest BCUT2D eigenvalue weighted by molar-refractivity contribution is 7.09. The van der Waals surface area contributed by atoms with Gasteiger partial charge >= 0.3 is 6.18 Å². The van der Waals surface area contributed by atoms with Gasteiger partial charge in [-0.05, 0) is 43.2 Å². The Hall–Kier alpha value is -3.47. The first-order valence-corrected chi connectivity index (χ1v) is 13.8. The number of anilines is 2. The van der Waals surface area contributed by atoms with Crippen LogP contribution in [0.25, 0.3) is 0 Å². The Labute approximate surface area is 229 Å². The molecule has 11 heteroatoms. The van der Waals surface area contributed by atoms with E-state index in [0.717, 1.165) is 54.2 Å². The fraction of sp³-hybridized carbons (Fsp3) is 0.429. The number of piperazine rings is 1. The SMILES string of the molecule is COc1ccc(OC)c(N2CCC(c3nc(C(=O)N4CCN(c5cccc(C(F)(F)F)c5)CC4)cs3)CC2)c1. The van der Waals surface area contributed by atoms with E-state index in [0.29, 0.717) is 37.6 Å². The number of aromatic nitrogens is 1. The molecule has 0 saturated carbocycles. The molecule has 3 aromatic rings. The van der Waals surface area contributed by atoms with Crippen molar-refractivity contribution in [1.29, 1.82) is 0 Å². The molecule has 2 aromatic carbocycles. The van der Waals surface area contributed by atoms with Crippen molar-refractivity contribution < 1.29 is 27.4 Å². The fourth-order valence-corrected chi connectivity index (χ4v) is 6.16. The molecule has 39 heavy (non-hydrogen) atoms. The number of carbonyl (C=O) groups is 1. The molecular weight excluding hydrogens is 529 g/mol. The van der Waals surface area contributed by atoms with Crippen LogP contribution in [0.3, 0.4) is 0 Å². The number of methoxy groups -OCH3 is 2. The second-order valence-corrected chi connectivity index (χ2v) is 10.6. The molecule has 0 unspecified atom stereocenters. The van der Waals surface area contributed by atoms with Crippen LogP contribution in [0.15, 0.2) is 47.8 Å². The Morgan fingerprint density at radius 1 is 0.949 bits per heavy atom. The number of nitrogens with zero attached hydrogens (tertiary/aromatic N) is 4. The molecule has 208 valence electrons. The van der Waals surface area contributed by atoms with Crippen molar-refractivity contribution in [3.8, 4) is 11.5 Å². The van der Waals surface area contributed by atoms with Crippen molar-refractivity contribution in [2.75, 3.05) is 63.3 Å². The van der Waals surface area contributed by atoms with Gasteiger partial charge in [-0.2, -0.15) is 13.2 Å². The zero-order valence-corrected chi connectivity index (χ0v) is 22.7. The van der Waals surface area contributed by atoms with Gasteiger partial charge in [-0.1, -0.05) is 6.07 Å². The number of hydrogen-bond acceptors (Lipinski definition) is 7. The normalized spacial score (nSPS) is 16.9. The van der Waals surface area contributed by atoms with Crippen LogP contribution in [0, 0.1) is 0 Å². The highest BCUT2D eigenvalue weighted by Gasteiger charge is 2.32. The Kier molecular flexibility index (Phi) is 7.88. The first-order valence-electron chi connectivity index (χ1n) is 12.9. The second-order valence-electron chi connectivity index (χ2n) is 9.70. The summed E-state index contributed by atoms with van der Waals surface area (Å²) in [5, 5.41) is 2.80. The second kappa shape index (κ2) is 11.3. The van der Waals surface area contributed by atoms with E-state index in [-0.39, 0.29) is 11.8 Å². The summed E-state index contributed by atoms with van der Waals surface area (Å²) >= 11 is 1.52. The maximum atomic E-state index is 13.2. The van der Waals surface area contributed by atoms with E-state index >= 15 is 0 Å². The van der Waals surface area contributed by atoms with E-state index in [9.17, 15) is 18.0 Å². The van der Waals surface area contributed by atoms with Crippen molar-refractivity contribution >= 4 is 28.6 Å². The number of halogens is 3. The zero-order chi connectivity index (χ0) is 27.6. The molecule has 0 radical (unpaired) electrons. The molecular formula is C28H31F3N4O3S. The van der Waals surface area contributed by atoms with Crippen LogP contribution in [0.4, 0.5) is 24.5 Å². The predicted molar refractivity (Wildman–Crippen MR) is 145 cm³/mol. The summed E-state index contributed by atoms with van der Waals surface area (Å²) in [5.74, 6) is 1.75. The summed E-state index contributed by atoms with van der Waals surface area (Å²) in [7, 11) is 3.31. The van der Waals surface area contributed by atoms with Gasteiger partial charge in [-0.3, -0.25) is 4.79 Å². The van der Waals surface area contributed by atoms with E-state index in [1.807, 2.05) is 28.5 Å². The lowest BCUT2D eigenvalue weighted by Crippen LogP contribution is -2.49. The van der Waals surface area contributed by atoms with Gasteiger partial charge in [0.05, 0.1) is 30.5 Å². The highest BCUT2D eigenvalue weighted by atomic mass is 32.1. The first-order chi connectivity index (χ1) is 18.8. The lowest BCUT2D eigenvalue weighted by atomic mass is 9.97. The number of piperidine rings is 1. The first kappa shape index (κ1) is 27.1. The van der Waals surface area contributed by atoms with Crippen LogP contribution >= 0.6 is 11.3 Å². The number of benzene rings is 2. The van der Waals surface area contributed by atoms with Gasteiger partial charge in [0.1, 0.15) is 17.2 Å². The lowest BCUT2D eigenvalue weighted by molar-refractivity contribution is -0.137. The number of hydrogen-bond donors (Lipinski definition) is 0. The van der Waals surface area contributed by atoms with E-state index < -0.39 is 11.7 Å². The molecule has 0 N–H and O–H groups in total. The third-order valence-electron chi connectivity index (χ3n) is 7.42. The molecule has 0 atom stereocenters. The molecule has 1 amide bonds. The molecule has 2 aliphatic rings. The fourth-order valence-electron chi connectivity index (χ4n) is 5.19. The molecule has 0 spiro atoms. The van der Waals surface area contributed by atoms with Crippen molar-refractivity contribution in [2.45, 2.75) is 24.9 Å². The summed E-state index contributed by atoms with van der Waals surface area (Å²) in [6, 6.07) is 11.1. The maximum absolute atomic E-state index is 13.2. The Bertz CT molecular complexity index is 1300. The van der Waals surface area contributed by atoms with Crippen LogP contribution < -0.4 is 19.3 Å². The number of thiazole rings is 1. The van der Waals surface area contributed by atoms with Gasteiger partial charge < -0.3 is 24.2 Å². The average Bonchev–Trinajstić information content (AvgIpc) is 3.47. The predicted octanol–water partition coefficient (Wildman–Crippen LogP) is 5.53. The summed E-state index contributed by atoms with van der Waals surface area (Å²) in [5.41, 5.74) is 1.31. The minimum atomic E-state index is -4.38. The molecule has 7 nitrogen and oxygen atoms in total. The van der Waals surface area contributed by atoms with Crippen LogP contribution in [-0.4, -0.2) is 69.3 Å². The quantitative estimate of drug-likeness (QED) is 0.396. The van der Waals surface area contributed by atoms with Gasteiger partial charge in [-0.25, -0.2) is 4.98 Å². The van der Waals surface area contributed by atoms with Crippen LogP contribution in [-0.2, 0) is 6.18 Å². The average molecular weight is 561 g/mol.